The van der Waals surface area contributed by atoms with Gasteiger partial charge < -0.3 is 19.1 Å². The average molecular weight is 483 g/mol. The Morgan fingerprint density at radius 1 is 0.939 bits per heavy atom. The van der Waals surface area contributed by atoms with Gasteiger partial charge in [-0.05, 0) is 46.5 Å². The third-order valence-corrected chi connectivity index (χ3v) is 8.69. The molecule has 0 unspecified atom stereocenters. The smallest absolute Gasteiger partial charge is 0.410 e. The molecular weight excluding hydrogens is 448 g/mol. The molecule has 2 saturated heterocycles. The van der Waals surface area contributed by atoms with Crippen molar-refractivity contribution < 1.29 is 27.4 Å². The van der Waals surface area contributed by atoms with Crippen molar-refractivity contribution in [1.82, 2.24) is 19.2 Å². The highest BCUT2D eigenvalue weighted by Crippen LogP contribution is 2.33. The van der Waals surface area contributed by atoms with Gasteiger partial charge in [-0.15, -0.1) is 0 Å². The Hall–Kier alpha value is -2.14. The number of piperidine rings is 2. The van der Waals surface area contributed by atoms with E-state index in [4.69, 9.17) is 14.2 Å². The predicted molar refractivity (Wildman–Crippen MR) is 121 cm³/mol. The fraction of sp³-hybridized carbons (Fsp3) is 0.773. The van der Waals surface area contributed by atoms with E-state index < -0.39 is 10.0 Å². The molecule has 0 radical (unpaired) electrons. The van der Waals surface area contributed by atoms with E-state index in [9.17, 15) is 13.2 Å². The molecule has 3 heterocycles. The third-order valence-electron chi connectivity index (χ3n) is 6.29. The molecular formula is C22H34N4O6S. The lowest BCUT2D eigenvalue weighted by atomic mass is 10.1. The Labute approximate surface area is 195 Å². The summed E-state index contributed by atoms with van der Waals surface area (Å²) in [6.45, 7) is 7.66. The van der Waals surface area contributed by atoms with E-state index in [1.165, 1.54) is 6.33 Å². The summed E-state index contributed by atoms with van der Waals surface area (Å²) in [6, 6.07) is 0. The monoisotopic (exact) mass is 482 g/mol. The molecule has 2 aliphatic heterocycles. The van der Waals surface area contributed by atoms with Crippen LogP contribution in [-0.2, 0) is 14.8 Å². The number of nitrogens with zero attached hydrogens (tertiary/aromatic N) is 4. The van der Waals surface area contributed by atoms with Crippen LogP contribution in [0.5, 0.6) is 11.8 Å². The fourth-order valence-corrected chi connectivity index (χ4v) is 6.06. The zero-order valence-corrected chi connectivity index (χ0v) is 20.4. The number of aromatic nitrogens is 2. The summed E-state index contributed by atoms with van der Waals surface area (Å²) in [5.41, 5.74) is 0.729. The minimum atomic E-state index is -3.13. The van der Waals surface area contributed by atoms with Crippen molar-refractivity contribution in [1.29, 1.82) is 0 Å². The van der Waals surface area contributed by atoms with Gasteiger partial charge >= 0.3 is 6.09 Å². The molecule has 0 bridgehead atoms. The molecule has 0 spiro atoms. The van der Waals surface area contributed by atoms with E-state index in [1.54, 1.807) is 9.21 Å². The van der Waals surface area contributed by atoms with Gasteiger partial charge in [-0.25, -0.2) is 27.5 Å². The number of amides is 1. The number of hydrogen-bond acceptors (Lipinski definition) is 8. The van der Waals surface area contributed by atoms with Gasteiger partial charge in [0.2, 0.25) is 21.8 Å². The first kappa shape index (κ1) is 24.0. The van der Waals surface area contributed by atoms with Gasteiger partial charge in [0.05, 0.1) is 16.9 Å². The standard InChI is InChI=1S/C22H34N4O6S/c1-15(2)30-22(27)25-10-6-17(7-11-25)31-20-16(3)21(24-14-23-20)32-18-8-12-26(13-9-18)33(28,29)19-4-5-19/h14-15,17-19H,4-13H2,1-3H3. The number of ether oxygens (including phenoxy) is 3. The van der Waals surface area contributed by atoms with Gasteiger partial charge in [0.1, 0.15) is 18.5 Å². The van der Waals surface area contributed by atoms with E-state index >= 15 is 0 Å². The zero-order valence-electron chi connectivity index (χ0n) is 19.6. The van der Waals surface area contributed by atoms with E-state index in [2.05, 4.69) is 9.97 Å². The van der Waals surface area contributed by atoms with Crippen LogP contribution >= 0.6 is 0 Å². The highest BCUT2D eigenvalue weighted by atomic mass is 32.2. The van der Waals surface area contributed by atoms with E-state index in [-0.39, 0.29) is 29.7 Å². The minimum absolute atomic E-state index is 0.0505. The molecule has 184 valence electrons. The first-order valence-corrected chi connectivity index (χ1v) is 13.3. The second-order valence-corrected chi connectivity index (χ2v) is 11.5. The minimum Gasteiger partial charge on any atom is -0.474 e. The van der Waals surface area contributed by atoms with Crippen LogP contribution in [0.1, 0.15) is 57.9 Å². The summed E-state index contributed by atoms with van der Waals surface area (Å²) in [6.07, 6.45) is 5.09. The number of sulfonamides is 1. The molecule has 0 aromatic carbocycles. The molecule has 4 rings (SSSR count). The summed E-state index contributed by atoms with van der Waals surface area (Å²) >= 11 is 0. The van der Waals surface area contributed by atoms with E-state index in [0.29, 0.717) is 63.6 Å². The number of likely N-dealkylation sites (tertiary alicyclic amines) is 1. The first-order chi connectivity index (χ1) is 15.7. The third kappa shape index (κ3) is 5.87. The topological polar surface area (TPSA) is 111 Å². The lowest BCUT2D eigenvalue weighted by Crippen LogP contribution is -2.43. The normalized spacial score (nSPS) is 21.3. The lowest BCUT2D eigenvalue weighted by molar-refractivity contribution is 0.0503. The van der Waals surface area contributed by atoms with Crippen molar-refractivity contribution in [2.75, 3.05) is 26.2 Å². The fourth-order valence-electron chi connectivity index (χ4n) is 4.19. The number of carbonyl (C=O) groups excluding carboxylic acids is 1. The van der Waals surface area contributed by atoms with E-state index in [0.717, 1.165) is 18.4 Å². The number of rotatable bonds is 7. The molecule has 3 aliphatic rings. The molecule has 10 nitrogen and oxygen atoms in total. The molecule has 1 aromatic rings. The van der Waals surface area contributed by atoms with Crippen LogP contribution in [0.3, 0.4) is 0 Å². The Balaban J connectivity index is 1.28. The molecule has 1 saturated carbocycles. The van der Waals surface area contributed by atoms with Crippen molar-refractivity contribution in [3.63, 3.8) is 0 Å². The number of hydrogen-bond donors (Lipinski definition) is 0. The van der Waals surface area contributed by atoms with Crippen LogP contribution in [0.4, 0.5) is 4.79 Å². The molecule has 1 aromatic heterocycles. The van der Waals surface area contributed by atoms with Gasteiger partial charge in [-0.2, -0.15) is 0 Å². The quantitative estimate of drug-likeness (QED) is 0.583. The number of carbonyl (C=O) groups is 1. The van der Waals surface area contributed by atoms with Crippen LogP contribution < -0.4 is 9.47 Å². The van der Waals surface area contributed by atoms with Crippen LogP contribution in [0.2, 0.25) is 0 Å². The Morgan fingerprint density at radius 2 is 1.45 bits per heavy atom. The maximum Gasteiger partial charge on any atom is 0.410 e. The Morgan fingerprint density at radius 3 is 1.94 bits per heavy atom. The molecule has 1 aliphatic carbocycles. The van der Waals surface area contributed by atoms with Gasteiger partial charge in [0, 0.05) is 39.0 Å². The molecule has 3 fully saturated rings. The summed E-state index contributed by atoms with van der Waals surface area (Å²) in [5, 5.41) is -0.175. The van der Waals surface area contributed by atoms with Gasteiger partial charge in [0.15, 0.2) is 0 Å². The summed E-state index contributed by atoms with van der Waals surface area (Å²) in [7, 11) is -3.13. The molecule has 1 amide bonds. The summed E-state index contributed by atoms with van der Waals surface area (Å²) in [4.78, 5) is 22.3. The molecule has 0 atom stereocenters. The maximum atomic E-state index is 12.4. The van der Waals surface area contributed by atoms with Crippen molar-refractivity contribution in [3.05, 3.63) is 11.9 Å². The average Bonchev–Trinajstić information content (AvgIpc) is 3.63. The summed E-state index contributed by atoms with van der Waals surface area (Å²) in [5.74, 6) is 0.957. The van der Waals surface area contributed by atoms with Crippen molar-refractivity contribution >= 4 is 16.1 Å². The largest absolute Gasteiger partial charge is 0.474 e. The Bertz CT molecular complexity index is 936. The van der Waals surface area contributed by atoms with Crippen LogP contribution in [0.25, 0.3) is 0 Å². The van der Waals surface area contributed by atoms with E-state index in [1.807, 2.05) is 20.8 Å². The van der Waals surface area contributed by atoms with Gasteiger partial charge in [-0.1, -0.05) is 0 Å². The second kappa shape index (κ2) is 10.0. The molecule has 11 heteroatoms. The molecule has 33 heavy (non-hydrogen) atoms. The second-order valence-electron chi connectivity index (χ2n) is 9.31. The molecule has 0 N–H and O–H groups in total. The highest BCUT2D eigenvalue weighted by molar-refractivity contribution is 7.90. The van der Waals surface area contributed by atoms with Crippen molar-refractivity contribution in [2.45, 2.75) is 82.9 Å². The van der Waals surface area contributed by atoms with Crippen LogP contribution in [-0.4, -0.2) is 83.4 Å². The Kier molecular flexibility index (Phi) is 7.28. The van der Waals surface area contributed by atoms with Gasteiger partial charge in [0.25, 0.3) is 0 Å². The first-order valence-electron chi connectivity index (χ1n) is 11.8. The van der Waals surface area contributed by atoms with Crippen LogP contribution in [0, 0.1) is 6.92 Å². The summed E-state index contributed by atoms with van der Waals surface area (Å²) < 4.78 is 44.0. The zero-order chi connectivity index (χ0) is 23.6. The lowest BCUT2D eigenvalue weighted by Gasteiger charge is -2.32. The highest BCUT2D eigenvalue weighted by Gasteiger charge is 2.41. The van der Waals surface area contributed by atoms with Crippen molar-refractivity contribution in [2.24, 2.45) is 0 Å². The maximum absolute atomic E-state index is 12.4. The predicted octanol–water partition coefficient (Wildman–Crippen LogP) is 2.51. The van der Waals surface area contributed by atoms with Crippen LogP contribution in [0.15, 0.2) is 6.33 Å². The van der Waals surface area contributed by atoms with Gasteiger partial charge in [-0.3, -0.25) is 0 Å². The van der Waals surface area contributed by atoms with Crippen molar-refractivity contribution in [3.8, 4) is 11.8 Å². The SMILES string of the molecule is Cc1c(OC2CCN(C(=O)OC(C)C)CC2)ncnc1OC1CCN(S(=O)(=O)C2CC2)CC1.